The summed E-state index contributed by atoms with van der Waals surface area (Å²) in [6.07, 6.45) is 0. The van der Waals surface area contributed by atoms with Gasteiger partial charge in [0.15, 0.2) is 5.75 Å². The minimum absolute atomic E-state index is 0.0669. The van der Waals surface area contributed by atoms with E-state index in [0.29, 0.717) is 33.3 Å². The molecule has 0 saturated carbocycles. The van der Waals surface area contributed by atoms with Gasteiger partial charge in [0.05, 0.1) is 35.5 Å². The van der Waals surface area contributed by atoms with Crippen LogP contribution in [0.1, 0.15) is 5.56 Å². The van der Waals surface area contributed by atoms with Gasteiger partial charge < -0.3 is 39.1 Å². The molecule has 2 aromatic carbocycles. The van der Waals surface area contributed by atoms with Gasteiger partial charge >= 0.3 is 0 Å². The molecule has 0 aliphatic rings. The summed E-state index contributed by atoms with van der Waals surface area (Å²) < 4.78 is 5.13. The quantitative estimate of drug-likeness (QED) is 0.261. The molecular formula is C14H20N7O2P. The first-order valence-corrected chi connectivity index (χ1v) is 7.83. The van der Waals surface area contributed by atoms with Crippen molar-refractivity contribution in [3.05, 3.63) is 16.5 Å². The number of benzene rings is 2. The molecule has 0 aromatic heterocycles. The molecule has 0 saturated heterocycles. The van der Waals surface area contributed by atoms with Gasteiger partial charge in [0, 0.05) is 16.2 Å². The fourth-order valence-corrected chi connectivity index (χ4v) is 3.66. The van der Waals surface area contributed by atoms with Crippen LogP contribution in [0.5, 0.6) is 5.75 Å². The Morgan fingerprint density at radius 3 is 2.12 bits per heavy atom. The first kappa shape index (κ1) is 17.4. The number of hydrogen-bond acceptors (Lipinski definition) is 9. The summed E-state index contributed by atoms with van der Waals surface area (Å²) in [4.78, 5) is 11.1. The summed E-state index contributed by atoms with van der Waals surface area (Å²) in [5, 5.41) is 4.04. The minimum Gasteiger partial charge on any atom is -0.492 e. The van der Waals surface area contributed by atoms with Gasteiger partial charge in [-0.05, 0) is 18.2 Å². The smallest absolute Gasteiger partial charge is 0.166 e. The molecule has 1 atom stereocenters. The number of anilines is 6. The first-order chi connectivity index (χ1) is 11.2. The minimum atomic E-state index is -0.113. The van der Waals surface area contributed by atoms with E-state index in [0.717, 1.165) is 0 Å². The van der Waals surface area contributed by atoms with Crippen LogP contribution in [-0.2, 0) is 0 Å². The Labute approximate surface area is 140 Å². The van der Waals surface area contributed by atoms with Crippen LogP contribution in [0.2, 0.25) is 0 Å². The number of methoxy groups -OCH3 is 1. The van der Waals surface area contributed by atoms with Crippen molar-refractivity contribution < 1.29 is 4.74 Å². The van der Waals surface area contributed by atoms with E-state index in [1.54, 1.807) is 13.0 Å². The number of rotatable bonds is 4. The lowest BCUT2D eigenvalue weighted by molar-refractivity contribution is 0.419. The molecule has 0 amide bonds. The molecule has 0 aliphatic carbocycles. The number of ether oxygens (including phenoxy) is 1. The van der Waals surface area contributed by atoms with Gasteiger partial charge in [0.25, 0.3) is 0 Å². The molecule has 0 aliphatic heterocycles. The Balaban J connectivity index is 2.66. The van der Waals surface area contributed by atoms with E-state index in [9.17, 15) is 4.91 Å². The summed E-state index contributed by atoms with van der Waals surface area (Å²) in [5.41, 5.74) is 38.1. The van der Waals surface area contributed by atoms with E-state index in [1.807, 2.05) is 0 Å². The monoisotopic (exact) mass is 349 g/mol. The molecule has 0 fully saturated rings. The zero-order chi connectivity index (χ0) is 18.2. The SMILES string of the molecule is COc1c(N)cc(Pc2c(N)c(N)c(C)c(N=O)c2N)c(N)c1N. The van der Waals surface area contributed by atoms with Gasteiger partial charge in [-0.15, -0.1) is 4.91 Å². The maximum absolute atomic E-state index is 11.1. The molecule has 0 bridgehead atoms. The Kier molecular flexibility index (Phi) is 4.57. The summed E-state index contributed by atoms with van der Waals surface area (Å²) in [5.74, 6) is 0.306. The highest BCUT2D eigenvalue weighted by atomic mass is 31.1. The molecule has 10 heteroatoms. The predicted octanol–water partition coefficient (Wildman–Crippen LogP) is 0.524. The predicted molar refractivity (Wildman–Crippen MR) is 104 cm³/mol. The number of nitrogens with two attached hydrogens (primary N) is 6. The van der Waals surface area contributed by atoms with Crippen LogP contribution in [0, 0.1) is 11.8 Å². The number of nitrogen functional groups attached to an aromatic ring is 6. The first-order valence-electron chi connectivity index (χ1n) is 6.83. The standard InChI is InChI=1S/C14H20N7O2P/c1-4-7(16)10(19)14(11(20)12(4)21-22)24-6-3-5(15)13(23-2)9(18)8(6)17/h3,24H,15-20H2,1-2H3. The van der Waals surface area contributed by atoms with Crippen molar-refractivity contribution in [3.63, 3.8) is 0 Å². The van der Waals surface area contributed by atoms with Gasteiger partial charge in [-0.3, -0.25) is 0 Å². The van der Waals surface area contributed by atoms with Crippen molar-refractivity contribution in [3.8, 4) is 5.75 Å². The highest BCUT2D eigenvalue weighted by Crippen LogP contribution is 2.40. The molecule has 128 valence electrons. The third-order valence-electron chi connectivity index (χ3n) is 3.79. The molecule has 2 rings (SSSR count). The lowest BCUT2D eigenvalue weighted by atomic mass is 10.1. The van der Waals surface area contributed by atoms with Gasteiger partial charge in [0.1, 0.15) is 11.4 Å². The van der Waals surface area contributed by atoms with Crippen LogP contribution < -0.4 is 49.7 Å². The van der Waals surface area contributed by atoms with Crippen LogP contribution in [0.3, 0.4) is 0 Å². The molecule has 12 N–H and O–H groups in total. The molecular weight excluding hydrogens is 329 g/mol. The third kappa shape index (κ3) is 2.59. The molecule has 24 heavy (non-hydrogen) atoms. The van der Waals surface area contributed by atoms with E-state index in [1.165, 1.54) is 7.11 Å². The fraction of sp³-hybridized carbons (Fsp3) is 0.143. The van der Waals surface area contributed by atoms with Gasteiger partial charge in [0.2, 0.25) is 0 Å². The normalized spacial score (nSPS) is 11.1. The molecule has 9 nitrogen and oxygen atoms in total. The van der Waals surface area contributed by atoms with E-state index in [4.69, 9.17) is 39.1 Å². The van der Waals surface area contributed by atoms with Crippen LogP contribution in [0.4, 0.5) is 39.8 Å². The van der Waals surface area contributed by atoms with Crippen LogP contribution in [-0.4, -0.2) is 7.11 Å². The summed E-state index contributed by atoms with van der Waals surface area (Å²) in [7, 11) is 1.33. The van der Waals surface area contributed by atoms with Gasteiger partial charge in [-0.2, -0.15) is 0 Å². The van der Waals surface area contributed by atoms with E-state index in [-0.39, 0.29) is 37.0 Å². The van der Waals surface area contributed by atoms with E-state index < -0.39 is 0 Å². The number of nitrogens with zero attached hydrogens (tertiary/aromatic N) is 1. The maximum Gasteiger partial charge on any atom is 0.166 e. The lowest BCUT2D eigenvalue weighted by Crippen LogP contribution is -2.19. The average Bonchev–Trinajstić information content (AvgIpc) is 2.55. The highest BCUT2D eigenvalue weighted by Gasteiger charge is 2.20. The second-order valence-electron chi connectivity index (χ2n) is 5.18. The third-order valence-corrected chi connectivity index (χ3v) is 5.26. The highest BCUT2D eigenvalue weighted by molar-refractivity contribution is 7.56. The zero-order valence-corrected chi connectivity index (χ0v) is 14.3. The van der Waals surface area contributed by atoms with Crippen molar-refractivity contribution in [2.24, 2.45) is 5.18 Å². The average molecular weight is 349 g/mol. The fourth-order valence-electron chi connectivity index (χ4n) is 2.37. The molecule has 0 heterocycles. The van der Waals surface area contributed by atoms with Crippen LogP contribution in [0.15, 0.2) is 11.2 Å². The van der Waals surface area contributed by atoms with Crippen molar-refractivity contribution in [1.29, 1.82) is 0 Å². The Hall–Kier alpha value is -2.93. The zero-order valence-electron chi connectivity index (χ0n) is 13.3. The van der Waals surface area contributed by atoms with Gasteiger partial charge in [-0.1, -0.05) is 8.58 Å². The topological polar surface area (TPSA) is 195 Å². The largest absolute Gasteiger partial charge is 0.492 e. The van der Waals surface area contributed by atoms with Crippen LogP contribution >= 0.6 is 8.58 Å². The Bertz CT molecular complexity index is 839. The van der Waals surface area contributed by atoms with Gasteiger partial charge in [-0.25, -0.2) is 0 Å². The van der Waals surface area contributed by atoms with Crippen molar-refractivity contribution >= 4 is 59.0 Å². The summed E-state index contributed by atoms with van der Waals surface area (Å²) in [6, 6.07) is 1.63. The summed E-state index contributed by atoms with van der Waals surface area (Å²) >= 11 is 0. The second kappa shape index (κ2) is 6.29. The second-order valence-corrected chi connectivity index (χ2v) is 6.47. The number of nitroso groups, excluding NO2 is 1. The number of hydrogen-bond donors (Lipinski definition) is 6. The molecule has 2 aromatic rings. The molecule has 0 radical (unpaired) electrons. The van der Waals surface area contributed by atoms with Crippen LogP contribution in [0.25, 0.3) is 0 Å². The Morgan fingerprint density at radius 2 is 1.58 bits per heavy atom. The van der Waals surface area contributed by atoms with Crippen molar-refractivity contribution in [2.75, 3.05) is 41.5 Å². The van der Waals surface area contributed by atoms with E-state index >= 15 is 0 Å². The maximum atomic E-state index is 11.1. The lowest BCUT2D eigenvalue weighted by Gasteiger charge is -2.18. The summed E-state index contributed by atoms with van der Waals surface area (Å²) in [6.45, 7) is 1.63. The van der Waals surface area contributed by atoms with Crippen molar-refractivity contribution in [2.45, 2.75) is 6.92 Å². The van der Waals surface area contributed by atoms with Crippen molar-refractivity contribution in [1.82, 2.24) is 0 Å². The Morgan fingerprint density at radius 1 is 0.958 bits per heavy atom. The van der Waals surface area contributed by atoms with E-state index in [2.05, 4.69) is 5.18 Å². The molecule has 1 unspecified atom stereocenters. The molecule has 0 spiro atoms.